The SMILES string of the molecule is CCN(CC)C1CCN2CCn3c(c(C4CCCCC4)c4ccc(C(=O)O)cc43)-c3cccc1c32. The molecule has 1 unspecified atom stereocenters. The Morgan fingerprint density at radius 1 is 1.00 bits per heavy atom. The second kappa shape index (κ2) is 9.02. The second-order valence-corrected chi connectivity index (χ2v) is 10.5. The molecule has 0 spiro atoms. The number of rotatable bonds is 5. The van der Waals surface area contributed by atoms with Crippen molar-refractivity contribution in [2.75, 3.05) is 31.1 Å². The van der Waals surface area contributed by atoms with E-state index in [9.17, 15) is 9.90 Å². The van der Waals surface area contributed by atoms with E-state index in [1.165, 1.54) is 65.6 Å². The number of nitrogens with zero attached hydrogens (tertiary/aromatic N) is 3. The fourth-order valence-corrected chi connectivity index (χ4v) is 7.24. The summed E-state index contributed by atoms with van der Waals surface area (Å²) in [7, 11) is 0. The number of aromatic carboxylic acids is 1. The largest absolute Gasteiger partial charge is 0.478 e. The van der Waals surface area contributed by atoms with E-state index in [4.69, 9.17) is 0 Å². The van der Waals surface area contributed by atoms with Gasteiger partial charge in [-0.05, 0) is 61.5 Å². The van der Waals surface area contributed by atoms with E-state index < -0.39 is 5.97 Å². The van der Waals surface area contributed by atoms with Crippen molar-refractivity contribution in [2.45, 2.75) is 70.9 Å². The van der Waals surface area contributed by atoms with Crippen molar-refractivity contribution < 1.29 is 9.90 Å². The van der Waals surface area contributed by atoms with Gasteiger partial charge in [0, 0.05) is 42.1 Å². The van der Waals surface area contributed by atoms with Gasteiger partial charge in [-0.2, -0.15) is 0 Å². The van der Waals surface area contributed by atoms with Crippen LogP contribution in [-0.2, 0) is 6.54 Å². The lowest BCUT2D eigenvalue weighted by Gasteiger charge is -2.40. The van der Waals surface area contributed by atoms with Gasteiger partial charge in [0.15, 0.2) is 0 Å². The predicted molar refractivity (Wildman–Crippen MR) is 143 cm³/mol. The van der Waals surface area contributed by atoms with Gasteiger partial charge in [-0.1, -0.05) is 57.4 Å². The first-order valence-corrected chi connectivity index (χ1v) is 13.6. The summed E-state index contributed by atoms with van der Waals surface area (Å²) in [5, 5.41) is 11.0. The van der Waals surface area contributed by atoms with Crippen molar-refractivity contribution in [3.63, 3.8) is 0 Å². The summed E-state index contributed by atoms with van der Waals surface area (Å²) in [4.78, 5) is 17.1. The van der Waals surface area contributed by atoms with Crippen LogP contribution >= 0.6 is 0 Å². The van der Waals surface area contributed by atoms with E-state index in [0.29, 0.717) is 17.5 Å². The van der Waals surface area contributed by atoms with Crippen LogP contribution in [0.1, 0.15) is 85.8 Å². The van der Waals surface area contributed by atoms with E-state index in [2.05, 4.69) is 52.5 Å². The molecule has 1 saturated carbocycles. The Morgan fingerprint density at radius 3 is 2.54 bits per heavy atom. The number of benzene rings is 2. The van der Waals surface area contributed by atoms with Gasteiger partial charge in [0.05, 0.1) is 16.9 Å². The predicted octanol–water partition coefficient (Wildman–Crippen LogP) is 6.66. The molecule has 6 rings (SSSR count). The monoisotopic (exact) mass is 471 g/mol. The van der Waals surface area contributed by atoms with Crippen LogP contribution in [-0.4, -0.2) is 46.7 Å². The van der Waals surface area contributed by atoms with Crippen molar-refractivity contribution >= 4 is 22.6 Å². The highest BCUT2D eigenvalue weighted by atomic mass is 16.4. The summed E-state index contributed by atoms with van der Waals surface area (Å²) >= 11 is 0. The van der Waals surface area contributed by atoms with Crippen LogP contribution in [0.5, 0.6) is 0 Å². The molecule has 5 nitrogen and oxygen atoms in total. The lowest BCUT2D eigenvalue weighted by atomic mass is 9.81. The average molecular weight is 472 g/mol. The number of aromatic nitrogens is 1. The van der Waals surface area contributed by atoms with E-state index in [-0.39, 0.29) is 0 Å². The lowest BCUT2D eigenvalue weighted by molar-refractivity contribution is 0.0697. The molecule has 1 atom stereocenters. The Morgan fingerprint density at radius 2 is 1.80 bits per heavy atom. The molecule has 0 radical (unpaired) electrons. The van der Waals surface area contributed by atoms with Gasteiger partial charge in [-0.3, -0.25) is 4.90 Å². The molecule has 2 aliphatic heterocycles. The molecule has 0 amide bonds. The third-order valence-electron chi connectivity index (χ3n) is 8.88. The molecule has 1 fully saturated rings. The van der Waals surface area contributed by atoms with E-state index in [1.807, 2.05) is 6.07 Å². The van der Waals surface area contributed by atoms with Gasteiger partial charge in [-0.25, -0.2) is 4.79 Å². The van der Waals surface area contributed by atoms with E-state index >= 15 is 0 Å². The lowest BCUT2D eigenvalue weighted by Crippen LogP contribution is -2.39. The maximum absolute atomic E-state index is 11.9. The summed E-state index contributed by atoms with van der Waals surface area (Å²) in [5.74, 6) is -0.303. The third-order valence-corrected chi connectivity index (χ3v) is 8.88. The molecule has 3 aromatic rings. The van der Waals surface area contributed by atoms with Crippen molar-refractivity contribution in [3.05, 3.63) is 53.1 Å². The van der Waals surface area contributed by atoms with Gasteiger partial charge < -0.3 is 14.6 Å². The van der Waals surface area contributed by atoms with E-state index in [0.717, 1.165) is 44.7 Å². The van der Waals surface area contributed by atoms with Gasteiger partial charge in [0.25, 0.3) is 0 Å². The Kier molecular flexibility index (Phi) is 5.84. The number of anilines is 1. The van der Waals surface area contributed by atoms with Crippen LogP contribution in [0.3, 0.4) is 0 Å². The summed E-state index contributed by atoms with van der Waals surface area (Å²) in [6, 6.07) is 13.2. The second-order valence-electron chi connectivity index (χ2n) is 10.5. The summed E-state index contributed by atoms with van der Waals surface area (Å²) in [5.41, 5.74) is 8.55. The van der Waals surface area contributed by atoms with Crippen LogP contribution in [0, 0.1) is 0 Å². The highest BCUT2D eigenvalue weighted by Gasteiger charge is 2.35. The fourth-order valence-electron chi connectivity index (χ4n) is 7.24. The third kappa shape index (κ3) is 3.58. The number of carboxylic acids is 1. The zero-order valence-corrected chi connectivity index (χ0v) is 21.1. The normalized spacial score (nSPS) is 20.1. The van der Waals surface area contributed by atoms with Crippen LogP contribution in [0.2, 0.25) is 0 Å². The van der Waals surface area contributed by atoms with Gasteiger partial charge in [0.2, 0.25) is 0 Å². The number of carboxylic acid groups (broad SMARTS) is 1. The van der Waals surface area contributed by atoms with Crippen LogP contribution in [0.25, 0.3) is 22.2 Å². The van der Waals surface area contributed by atoms with E-state index in [1.54, 1.807) is 6.07 Å². The van der Waals surface area contributed by atoms with Crippen molar-refractivity contribution in [1.29, 1.82) is 0 Å². The maximum Gasteiger partial charge on any atom is 0.335 e. The molecule has 1 aliphatic carbocycles. The van der Waals surface area contributed by atoms with Gasteiger partial charge >= 0.3 is 5.97 Å². The molecule has 1 aromatic heterocycles. The molecule has 35 heavy (non-hydrogen) atoms. The van der Waals surface area contributed by atoms with Crippen molar-refractivity contribution in [2.24, 2.45) is 0 Å². The number of hydrogen-bond donors (Lipinski definition) is 1. The summed E-state index contributed by atoms with van der Waals surface area (Å²) in [6.45, 7) is 9.62. The molecule has 2 aromatic carbocycles. The molecule has 184 valence electrons. The first kappa shape index (κ1) is 22.7. The zero-order valence-electron chi connectivity index (χ0n) is 21.1. The zero-order chi connectivity index (χ0) is 24.1. The molecule has 5 heteroatoms. The molecule has 3 heterocycles. The molecule has 0 saturated heterocycles. The topological polar surface area (TPSA) is 48.7 Å². The summed E-state index contributed by atoms with van der Waals surface area (Å²) < 4.78 is 2.46. The highest BCUT2D eigenvalue weighted by Crippen LogP contribution is 2.50. The number of carbonyl (C=O) groups is 1. The van der Waals surface area contributed by atoms with Gasteiger partial charge in [-0.15, -0.1) is 0 Å². The molecular formula is C30H37N3O2. The highest BCUT2D eigenvalue weighted by molar-refractivity contribution is 6.00. The smallest absolute Gasteiger partial charge is 0.335 e. The first-order valence-electron chi connectivity index (χ1n) is 13.6. The minimum absolute atomic E-state index is 0.383. The number of fused-ring (bicyclic) bond motifs is 4. The molecule has 1 N–H and O–H groups in total. The molecule has 3 aliphatic rings. The fraction of sp³-hybridized carbons (Fsp3) is 0.500. The molecule has 0 bridgehead atoms. The quantitative estimate of drug-likeness (QED) is 0.452. The number of para-hydroxylation sites is 1. The Hall–Kier alpha value is -2.79. The Bertz CT molecular complexity index is 1270. The van der Waals surface area contributed by atoms with Crippen molar-refractivity contribution in [3.8, 4) is 11.3 Å². The number of hydrogen-bond acceptors (Lipinski definition) is 3. The van der Waals surface area contributed by atoms with Crippen LogP contribution in [0.4, 0.5) is 5.69 Å². The van der Waals surface area contributed by atoms with Crippen LogP contribution < -0.4 is 4.90 Å². The van der Waals surface area contributed by atoms with Crippen molar-refractivity contribution in [1.82, 2.24) is 9.47 Å². The summed E-state index contributed by atoms with van der Waals surface area (Å²) in [6.07, 6.45) is 7.52. The Labute approximate surface area is 208 Å². The minimum Gasteiger partial charge on any atom is -0.478 e. The average Bonchev–Trinajstić information content (AvgIpc) is 3.12. The standard InChI is InChI=1S/C30H37N3O2/c1-3-31(4-2)25-15-16-32-17-18-33-26-19-21(30(34)35)13-14-22(26)27(20-9-6-5-7-10-20)29(33)24-12-8-11-23(25)28(24)32/h8,11-14,19-20,25H,3-7,9-10,15-18H2,1-2H3,(H,34,35). The first-order chi connectivity index (χ1) is 17.1. The minimum atomic E-state index is -0.848. The van der Waals surface area contributed by atoms with Gasteiger partial charge in [0.1, 0.15) is 0 Å². The maximum atomic E-state index is 11.9. The Balaban J connectivity index is 1.63. The molecular weight excluding hydrogens is 434 g/mol. The van der Waals surface area contributed by atoms with Crippen LogP contribution in [0.15, 0.2) is 36.4 Å².